The van der Waals surface area contributed by atoms with Gasteiger partial charge in [-0.25, -0.2) is 0 Å². The Kier molecular flexibility index (Phi) is 8.78. The summed E-state index contributed by atoms with van der Waals surface area (Å²) >= 11 is 1.73. The first-order valence-corrected chi connectivity index (χ1v) is 7.46. The van der Waals surface area contributed by atoms with E-state index in [2.05, 4.69) is 15.5 Å². The van der Waals surface area contributed by atoms with Crippen LogP contribution in [0, 0.1) is 5.41 Å². The maximum absolute atomic E-state index is 8.74. The second kappa shape index (κ2) is 9.49. The summed E-state index contributed by atoms with van der Waals surface area (Å²) in [5, 5.41) is 17.4. The van der Waals surface area contributed by atoms with Crippen molar-refractivity contribution in [1.82, 2.24) is 15.5 Å². The summed E-state index contributed by atoms with van der Waals surface area (Å²) in [6, 6.07) is 3.81. The summed E-state index contributed by atoms with van der Waals surface area (Å²) in [4.78, 5) is 0. The van der Waals surface area contributed by atoms with Gasteiger partial charge in [-0.2, -0.15) is 30.4 Å². The Morgan fingerprint density at radius 2 is 2.16 bits per heavy atom. The third kappa shape index (κ3) is 16.6. The van der Waals surface area contributed by atoms with Gasteiger partial charge in [-0.05, 0) is 12.1 Å². The van der Waals surface area contributed by atoms with Gasteiger partial charge >= 0.3 is 10.4 Å². The van der Waals surface area contributed by atoms with Gasteiger partial charge in [-0.3, -0.25) is 14.5 Å². The smallest absolute Gasteiger partial charge is 0.370 e. The minimum Gasteiger partial charge on any atom is -0.370 e. The van der Waals surface area contributed by atoms with Crippen molar-refractivity contribution >= 4 is 28.1 Å². The van der Waals surface area contributed by atoms with Crippen LogP contribution in [-0.2, 0) is 16.2 Å². The van der Waals surface area contributed by atoms with E-state index in [4.69, 9.17) is 28.7 Å². The Balaban J connectivity index is 0.000000555. The van der Waals surface area contributed by atoms with Gasteiger partial charge < -0.3 is 11.1 Å². The quantitative estimate of drug-likeness (QED) is 0.209. The van der Waals surface area contributed by atoms with E-state index in [9.17, 15) is 0 Å². The lowest BCUT2D eigenvalue weighted by Gasteiger charge is -2.02. The zero-order chi connectivity index (χ0) is 14.7. The van der Waals surface area contributed by atoms with Gasteiger partial charge in [0.2, 0.25) is 0 Å². The van der Waals surface area contributed by atoms with Crippen molar-refractivity contribution in [2.45, 2.75) is 5.75 Å². The number of hydrogen-bond acceptors (Lipinski definition) is 6. The maximum Gasteiger partial charge on any atom is 0.394 e. The fourth-order valence-electron chi connectivity index (χ4n) is 0.845. The van der Waals surface area contributed by atoms with Crippen LogP contribution in [0.5, 0.6) is 0 Å². The Labute approximate surface area is 115 Å². The first-order valence-electron chi connectivity index (χ1n) is 4.91. The maximum atomic E-state index is 8.74. The third-order valence-electron chi connectivity index (χ3n) is 1.44. The van der Waals surface area contributed by atoms with Crippen molar-refractivity contribution < 1.29 is 17.5 Å². The average molecular weight is 309 g/mol. The highest BCUT2D eigenvalue weighted by Gasteiger charge is 1.94. The second-order valence-electron chi connectivity index (χ2n) is 3.06. The first kappa shape index (κ1) is 17.6. The molecule has 0 unspecified atom stereocenters. The van der Waals surface area contributed by atoms with Crippen LogP contribution in [0.1, 0.15) is 5.69 Å². The Hall–Kier alpha value is -1.43. The van der Waals surface area contributed by atoms with Crippen LogP contribution < -0.4 is 11.1 Å². The van der Waals surface area contributed by atoms with Crippen molar-refractivity contribution in [1.29, 1.82) is 5.41 Å². The van der Waals surface area contributed by atoms with Crippen LogP contribution in [0.2, 0.25) is 0 Å². The van der Waals surface area contributed by atoms with E-state index in [-0.39, 0.29) is 5.96 Å². The lowest BCUT2D eigenvalue weighted by Crippen LogP contribution is -2.31. The standard InChI is InChI=1S/C8H13N5S.H2O4S/c9-8(10)11-4-5-14-6-7-2-1-3-12-13-7;1-5(2,3)4/h1-3H,4-6H2,(H4,9,10,11);(H2,1,2,3,4). The molecule has 0 aliphatic heterocycles. The van der Waals surface area contributed by atoms with E-state index in [0.29, 0.717) is 6.54 Å². The number of rotatable bonds is 5. The van der Waals surface area contributed by atoms with E-state index in [1.165, 1.54) is 0 Å². The fraction of sp³-hybridized carbons (Fsp3) is 0.375. The van der Waals surface area contributed by atoms with Gasteiger partial charge in [-0.1, -0.05) is 0 Å². The lowest BCUT2D eigenvalue weighted by atomic mass is 10.4. The molecule has 0 saturated carbocycles. The van der Waals surface area contributed by atoms with E-state index < -0.39 is 10.4 Å². The minimum atomic E-state index is -4.67. The highest BCUT2D eigenvalue weighted by atomic mass is 32.3. The monoisotopic (exact) mass is 309 g/mol. The summed E-state index contributed by atoms with van der Waals surface area (Å²) in [6.07, 6.45) is 1.66. The molecular weight excluding hydrogens is 294 g/mol. The SMILES string of the molecule is N=C(N)NCCSCc1cccnn1.O=S(=O)(O)O. The molecule has 0 spiro atoms. The molecule has 1 aromatic heterocycles. The molecule has 0 fully saturated rings. The van der Waals surface area contributed by atoms with Crippen molar-refractivity contribution in [3.63, 3.8) is 0 Å². The van der Waals surface area contributed by atoms with Gasteiger partial charge in [0, 0.05) is 24.2 Å². The summed E-state index contributed by atoms with van der Waals surface area (Å²) in [7, 11) is -4.67. The van der Waals surface area contributed by atoms with Crippen molar-refractivity contribution in [3.05, 3.63) is 24.0 Å². The molecule has 0 aliphatic rings. The van der Waals surface area contributed by atoms with Crippen LogP contribution in [-0.4, -0.2) is 46.0 Å². The molecule has 0 amide bonds. The molecule has 0 aromatic carbocycles. The molecule has 0 saturated heterocycles. The number of nitrogens with two attached hydrogens (primary N) is 1. The topological polar surface area (TPSA) is 162 Å². The summed E-state index contributed by atoms with van der Waals surface area (Å²) in [6.45, 7) is 0.709. The molecule has 6 N–H and O–H groups in total. The molecule has 9 nitrogen and oxygen atoms in total. The summed E-state index contributed by atoms with van der Waals surface area (Å²) in [5.74, 6) is 1.76. The van der Waals surface area contributed by atoms with Crippen molar-refractivity contribution in [3.8, 4) is 0 Å². The van der Waals surface area contributed by atoms with Gasteiger partial charge in [0.25, 0.3) is 0 Å². The molecular formula is C8H15N5O4S2. The van der Waals surface area contributed by atoms with Crippen LogP contribution in [0.3, 0.4) is 0 Å². The predicted octanol–water partition coefficient (Wildman–Crippen LogP) is -0.460. The first-order chi connectivity index (χ1) is 8.79. The summed E-state index contributed by atoms with van der Waals surface area (Å²) in [5.41, 5.74) is 6.10. The van der Waals surface area contributed by atoms with Crippen LogP contribution in [0.15, 0.2) is 18.3 Å². The number of nitrogens with zero attached hydrogens (tertiary/aromatic N) is 2. The predicted molar refractivity (Wildman–Crippen MR) is 72.3 cm³/mol. The van der Waals surface area contributed by atoms with Crippen LogP contribution in [0.4, 0.5) is 0 Å². The normalized spacial score (nSPS) is 10.2. The lowest BCUT2D eigenvalue weighted by molar-refractivity contribution is 0.381. The van der Waals surface area contributed by atoms with Crippen LogP contribution >= 0.6 is 11.8 Å². The Morgan fingerprint density at radius 1 is 1.53 bits per heavy atom. The van der Waals surface area contributed by atoms with Crippen molar-refractivity contribution in [2.24, 2.45) is 5.73 Å². The number of guanidine groups is 1. The fourth-order valence-corrected chi connectivity index (χ4v) is 1.60. The van der Waals surface area contributed by atoms with Crippen molar-refractivity contribution in [2.75, 3.05) is 12.3 Å². The molecule has 19 heavy (non-hydrogen) atoms. The largest absolute Gasteiger partial charge is 0.394 e. The van der Waals surface area contributed by atoms with Gasteiger partial charge in [0.15, 0.2) is 5.96 Å². The average Bonchev–Trinajstić information content (AvgIpc) is 2.27. The molecule has 0 aliphatic carbocycles. The van der Waals surface area contributed by atoms with E-state index in [0.717, 1.165) is 17.2 Å². The molecule has 108 valence electrons. The Morgan fingerprint density at radius 3 is 2.63 bits per heavy atom. The molecule has 1 aromatic rings. The number of hydrogen-bond donors (Lipinski definition) is 5. The summed E-state index contributed by atoms with van der Waals surface area (Å²) < 4.78 is 31.6. The highest BCUT2D eigenvalue weighted by Crippen LogP contribution is 2.07. The van der Waals surface area contributed by atoms with Crippen LogP contribution in [0.25, 0.3) is 0 Å². The third-order valence-corrected chi connectivity index (χ3v) is 2.43. The number of aromatic nitrogens is 2. The highest BCUT2D eigenvalue weighted by molar-refractivity contribution is 7.98. The van der Waals surface area contributed by atoms with E-state index >= 15 is 0 Å². The Bertz CT molecular complexity index is 459. The molecule has 0 radical (unpaired) electrons. The van der Waals surface area contributed by atoms with Gasteiger partial charge in [0.05, 0.1) is 5.69 Å². The van der Waals surface area contributed by atoms with E-state index in [1.54, 1.807) is 18.0 Å². The number of thioether (sulfide) groups is 1. The van der Waals surface area contributed by atoms with Gasteiger partial charge in [-0.15, -0.1) is 0 Å². The van der Waals surface area contributed by atoms with Gasteiger partial charge in [0.1, 0.15) is 0 Å². The molecule has 1 rings (SSSR count). The zero-order valence-corrected chi connectivity index (χ0v) is 11.5. The molecule has 1 heterocycles. The van der Waals surface area contributed by atoms with E-state index in [1.807, 2.05) is 12.1 Å². The zero-order valence-electron chi connectivity index (χ0n) is 9.85. The number of nitrogens with one attached hydrogen (secondary N) is 2. The molecule has 0 bridgehead atoms. The second-order valence-corrected chi connectivity index (χ2v) is 5.06. The minimum absolute atomic E-state index is 0.0186. The molecule has 11 heteroatoms. The molecule has 0 atom stereocenters.